The molecular weight excluding hydrogens is 280 g/mol. The van der Waals surface area contributed by atoms with Crippen LogP contribution in [0.2, 0.25) is 0 Å². The Kier molecular flexibility index (Phi) is 5.63. The predicted octanol–water partition coefficient (Wildman–Crippen LogP) is 3.11. The first-order valence-corrected chi connectivity index (χ1v) is 6.85. The molecular formula is C14H21BrO2. The van der Waals surface area contributed by atoms with E-state index in [1.807, 2.05) is 24.3 Å². The SMILES string of the molecule is CCC(C)CC(CO)(CO)c1ccc(Br)cc1. The summed E-state index contributed by atoms with van der Waals surface area (Å²) in [6, 6.07) is 7.84. The van der Waals surface area contributed by atoms with Crippen molar-refractivity contribution < 1.29 is 10.2 Å². The summed E-state index contributed by atoms with van der Waals surface area (Å²) in [5, 5.41) is 19.3. The fourth-order valence-electron chi connectivity index (χ4n) is 2.09. The van der Waals surface area contributed by atoms with Crippen molar-refractivity contribution >= 4 is 15.9 Å². The lowest BCUT2D eigenvalue weighted by atomic mass is 9.75. The molecule has 3 heteroatoms. The van der Waals surface area contributed by atoms with Crippen molar-refractivity contribution in [2.75, 3.05) is 13.2 Å². The standard InChI is InChI=1S/C14H21BrO2/c1-3-11(2)8-14(9-16,10-17)12-4-6-13(15)7-5-12/h4-7,11,16-17H,3,8-10H2,1-2H3. The van der Waals surface area contributed by atoms with E-state index < -0.39 is 5.41 Å². The molecule has 0 radical (unpaired) electrons. The zero-order chi connectivity index (χ0) is 12.9. The van der Waals surface area contributed by atoms with E-state index in [2.05, 4.69) is 29.8 Å². The first-order valence-electron chi connectivity index (χ1n) is 6.05. The molecule has 96 valence electrons. The van der Waals surface area contributed by atoms with Crippen LogP contribution >= 0.6 is 15.9 Å². The van der Waals surface area contributed by atoms with E-state index in [9.17, 15) is 10.2 Å². The highest BCUT2D eigenvalue weighted by atomic mass is 79.9. The van der Waals surface area contributed by atoms with Crippen LogP contribution in [0.5, 0.6) is 0 Å². The number of hydrogen-bond acceptors (Lipinski definition) is 2. The number of benzene rings is 1. The summed E-state index contributed by atoms with van der Waals surface area (Å²) in [4.78, 5) is 0. The van der Waals surface area contributed by atoms with Crippen molar-refractivity contribution in [1.82, 2.24) is 0 Å². The van der Waals surface area contributed by atoms with Crippen LogP contribution in [-0.4, -0.2) is 23.4 Å². The zero-order valence-electron chi connectivity index (χ0n) is 10.5. The summed E-state index contributed by atoms with van der Waals surface area (Å²) in [7, 11) is 0. The van der Waals surface area contributed by atoms with Crippen molar-refractivity contribution in [2.45, 2.75) is 32.1 Å². The number of aliphatic hydroxyl groups excluding tert-OH is 2. The van der Waals surface area contributed by atoms with Gasteiger partial charge in [0, 0.05) is 9.89 Å². The van der Waals surface area contributed by atoms with Crippen LogP contribution in [0.3, 0.4) is 0 Å². The summed E-state index contributed by atoms with van der Waals surface area (Å²) < 4.78 is 1.01. The van der Waals surface area contributed by atoms with Crippen LogP contribution < -0.4 is 0 Å². The summed E-state index contributed by atoms with van der Waals surface area (Å²) in [6.07, 6.45) is 1.86. The number of rotatable bonds is 6. The Morgan fingerprint density at radius 2 is 1.71 bits per heavy atom. The minimum absolute atomic E-state index is 0.0184. The van der Waals surface area contributed by atoms with E-state index in [-0.39, 0.29) is 13.2 Å². The van der Waals surface area contributed by atoms with E-state index in [0.717, 1.165) is 22.9 Å². The molecule has 1 aromatic rings. The van der Waals surface area contributed by atoms with Crippen LogP contribution in [0.1, 0.15) is 32.3 Å². The maximum atomic E-state index is 9.67. The summed E-state index contributed by atoms with van der Waals surface area (Å²) >= 11 is 3.40. The van der Waals surface area contributed by atoms with Gasteiger partial charge in [0.25, 0.3) is 0 Å². The van der Waals surface area contributed by atoms with Gasteiger partial charge >= 0.3 is 0 Å². The van der Waals surface area contributed by atoms with Crippen LogP contribution in [0.4, 0.5) is 0 Å². The van der Waals surface area contributed by atoms with Gasteiger partial charge in [0.05, 0.1) is 13.2 Å². The minimum atomic E-state index is -0.518. The second-order valence-corrected chi connectivity index (χ2v) is 5.74. The fourth-order valence-corrected chi connectivity index (χ4v) is 2.36. The van der Waals surface area contributed by atoms with Crippen LogP contribution in [0.15, 0.2) is 28.7 Å². The van der Waals surface area contributed by atoms with Crippen molar-refractivity contribution in [3.8, 4) is 0 Å². The van der Waals surface area contributed by atoms with Crippen LogP contribution in [0, 0.1) is 5.92 Å². The molecule has 0 amide bonds. The number of hydrogen-bond donors (Lipinski definition) is 2. The van der Waals surface area contributed by atoms with E-state index in [0.29, 0.717) is 5.92 Å². The molecule has 0 fully saturated rings. The molecule has 0 heterocycles. The largest absolute Gasteiger partial charge is 0.395 e. The molecule has 0 bridgehead atoms. The highest BCUT2D eigenvalue weighted by Crippen LogP contribution is 2.32. The summed E-state index contributed by atoms with van der Waals surface area (Å²) in [5.74, 6) is 0.484. The van der Waals surface area contributed by atoms with Crippen LogP contribution in [0.25, 0.3) is 0 Å². The molecule has 0 aromatic heterocycles. The third kappa shape index (κ3) is 3.54. The van der Waals surface area contributed by atoms with Crippen LogP contribution in [-0.2, 0) is 5.41 Å². The first-order chi connectivity index (χ1) is 8.07. The Bertz CT molecular complexity index is 331. The third-order valence-electron chi connectivity index (χ3n) is 3.50. The molecule has 1 atom stereocenters. The molecule has 1 rings (SSSR count). The maximum absolute atomic E-state index is 9.67. The Balaban J connectivity index is 3.01. The topological polar surface area (TPSA) is 40.5 Å². The van der Waals surface area contributed by atoms with E-state index >= 15 is 0 Å². The Labute approximate surface area is 112 Å². The predicted molar refractivity (Wildman–Crippen MR) is 74.1 cm³/mol. The van der Waals surface area contributed by atoms with Gasteiger partial charge in [-0.25, -0.2) is 0 Å². The Hall–Kier alpha value is -0.380. The fraction of sp³-hybridized carbons (Fsp3) is 0.571. The van der Waals surface area contributed by atoms with Crippen molar-refractivity contribution in [2.24, 2.45) is 5.92 Å². The molecule has 2 nitrogen and oxygen atoms in total. The average molecular weight is 301 g/mol. The molecule has 0 saturated heterocycles. The maximum Gasteiger partial charge on any atom is 0.0550 e. The van der Waals surface area contributed by atoms with Gasteiger partial charge in [-0.15, -0.1) is 0 Å². The van der Waals surface area contributed by atoms with Gasteiger partial charge in [0.1, 0.15) is 0 Å². The number of aliphatic hydroxyl groups is 2. The molecule has 0 spiro atoms. The van der Waals surface area contributed by atoms with Crippen molar-refractivity contribution in [3.05, 3.63) is 34.3 Å². The molecule has 0 aliphatic carbocycles. The quantitative estimate of drug-likeness (QED) is 0.847. The van der Waals surface area contributed by atoms with Gasteiger partial charge in [-0.1, -0.05) is 48.3 Å². The first kappa shape index (κ1) is 14.7. The molecule has 2 N–H and O–H groups in total. The molecule has 17 heavy (non-hydrogen) atoms. The monoisotopic (exact) mass is 300 g/mol. The van der Waals surface area contributed by atoms with Gasteiger partial charge in [0.15, 0.2) is 0 Å². The second-order valence-electron chi connectivity index (χ2n) is 4.82. The summed E-state index contributed by atoms with van der Waals surface area (Å²) in [6.45, 7) is 4.25. The van der Waals surface area contributed by atoms with Gasteiger partial charge in [0.2, 0.25) is 0 Å². The molecule has 1 unspecified atom stereocenters. The zero-order valence-corrected chi connectivity index (χ0v) is 12.1. The van der Waals surface area contributed by atoms with Gasteiger partial charge < -0.3 is 10.2 Å². The van der Waals surface area contributed by atoms with Crippen molar-refractivity contribution in [3.63, 3.8) is 0 Å². The minimum Gasteiger partial charge on any atom is -0.395 e. The summed E-state index contributed by atoms with van der Waals surface area (Å²) in [5.41, 5.74) is 0.488. The van der Waals surface area contributed by atoms with E-state index in [1.165, 1.54) is 0 Å². The van der Waals surface area contributed by atoms with Crippen molar-refractivity contribution in [1.29, 1.82) is 0 Å². The Morgan fingerprint density at radius 3 is 2.12 bits per heavy atom. The van der Waals surface area contributed by atoms with E-state index in [1.54, 1.807) is 0 Å². The smallest absolute Gasteiger partial charge is 0.0550 e. The van der Waals surface area contributed by atoms with Gasteiger partial charge in [-0.2, -0.15) is 0 Å². The third-order valence-corrected chi connectivity index (χ3v) is 4.03. The lowest BCUT2D eigenvalue weighted by Crippen LogP contribution is -2.36. The highest BCUT2D eigenvalue weighted by Gasteiger charge is 2.32. The van der Waals surface area contributed by atoms with Gasteiger partial charge in [-0.3, -0.25) is 0 Å². The van der Waals surface area contributed by atoms with Gasteiger partial charge in [-0.05, 0) is 30.0 Å². The average Bonchev–Trinajstić information content (AvgIpc) is 2.37. The van der Waals surface area contributed by atoms with E-state index in [4.69, 9.17) is 0 Å². The molecule has 0 saturated carbocycles. The highest BCUT2D eigenvalue weighted by molar-refractivity contribution is 9.10. The number of halogens is 1. The Morgan fingerprint density at radius 1 is 1.18 bits per heavy atom. The lowest BCUT2D eigenvalue weighted by molar-refractivity contribution is 0.0964. The molecule has 0 aliphatic heterocycles. The molecule has 0 aliphatic rings. The normalized spacial score (nSPS) is 13.7. The second kappa shape index (κ2) is 6.53. The lowest BCUT2D eigenvalue weighted by Gasteiger charge is -2.33. The molecule has 1 aromatic carbocycles.